The number of hydrogen-bond donors (Lipinski definition) is 2. The molecule has 3 aromatic rings. The number of nitrogens with one attached hydrogen (secondary N) is 1. The van der Waals surface area contributed by atoms with Gasteiger partial charge in [0.1, 0.15) is 0 Å². The summed E-state index contributed by atoms with van der Waals surface area (Å²) in [4.78, 5) is 18.6. The van der Waals surface area contributed by atoms with Crippen LogP contribution in [0.4, 0.5) is 5.95 Å². The second kappa shape index (κ2) is 3.31. The molecule has 0 aliphatic rings. The average Bonchev–Trinajstić information content (AvgIpc) is 2.28. The monoisotopic (exact) mass is 225 g/mol. The number of aromatic amines is 1. The fourth-order valence-electron chi connectivity index (χ4n) is 2.17. The van der Waals surface area contributed by atoms with Crippen LogP contribution in [0.1, 0.15) is 5.56 Å². The van der Waals surface area contributed by atoms with E-state index in [2.05, 4.69) is 9.97 Å². The van der Waals surface area contributed by atoms with Gasteiger partial charge in [0, 0.05) is 0 Å². The number of aromatic nitrogens is 2. The zero-order valence-corrected chi connectivity index (χ0v) is 9.32. The Balaban J connectivity index is 2.65. The van der Waals surface area contributed by atoms with Crippen molar-refractivity contribution < 1.29 is 0 Å². The van der Waals surface area contributed by atoms with E-state index in [1.807, 2.05) is 37.3 Å². The Labute approximate surface area is 97.1 Å². The van der Waals surface area contributed by atoms with Crippen LogP contribution in [0, 0.1) is 6.92 Å². The minimum Gasteiger partial charge on any atom is -0.369 e. The number of rotatable bonds is 0. The highest BCUT2D eigenvalue weighted by Crippen LogP contribution is 2.24. The molecule has 0 unspecified atom stereocenters. The van der Waals surface area contributed by atoms with Gasteiger partial charge in [-0.05, 0) is 29.3 Å². The van der Waals surface area contributed by atoms with Gasteiger partial charge >= 0.3 is 0 Å². The third-order valence-electron chi connectivity index (χ3n) is 2.97. The summed E-state index contributed by atoms with van der Waals surface area (Å²) < 4.78 is 0. The van der Waals surface area contributed by atoms with Gasteiger partial charge in [-0.2, -0.15) is 0 Å². The standard InChI is InChI=1S/C13H11N3O/c1-7-3-2-4-9-8(7)5-6-10-11(9)12(17)16-13(14)15-10/h2-6H,1H3,(H3,14,15,16,17). The summed E-state index contributed by atoms with van der Waals surface area (Å²) in [5.41, 5.74) is 7.11. The molecule has 4 heteroatoms. The largest absolute Gasteiger partial charge is 0.369 e. The molecule has 0 spiro atoms. The van der Waals surface area contributed by atoms with Crippen LogP contribution in [-0.4, -0.2) is 9.97 Å². The number of H-pyrrole nitrogens is 1. The number of benzene rings is 2. The van der Waals surface area contributed by atoms with Gasteiger partial charge in [-0.3, -0.25) is 9.78 Å². The molecule has 1 aromatic heterocycles. The number of fused-ring (bicyclic) bond motifs is 3. The van der Waals surface area contributed by atoms with E-state index < -0.39 is 0 Å². The second-order valence-corrected chi connectivity index (χ2v) is 4.08. The van der Waals surface area contributed by atoms with Gasteiger partial charge in [-0.15, -0.1) is 0 Å². The van der Waals surface area contributed by atoms with Crippen molar-refractivity contribution in [1.29, 1.82) is 0 Å². The first-order chi connectivity index (χ1) is 8.16. The normalized spacial score (nSPS) is 11.1. The van der Waals surface area contributed by atoms with E-state index in [0.717, 1.165) is 16.3 Å². The molecule has 0 saturated heterocycles. The predicted octanol–water partition coefficient (Wildman–Crippen LogP) is 1.97. The number of hydrogen-bond acceptors (Lipinski definition) is 3. The summed E-state index contributed by atoms with van der Waals surface area (Å²) in [5.74, 6) is 0.148. The Hall–Kier alpha value is -2.36. The van der Waals surface area contributed by atoms with Crippen LogP contribution in [0.25, 0.3) is 21.7 Å². The summed E-state index contributed by atoms with van der Waals surface area (Å²) in [6, 6.07) is 9.69. The second-order valence-electron chi connectivity index (χ2n) is 4.08. The van der Waals surface area contributed by atoms with Crippen molar-refractivity contribution in [1.82, 2.24) is 9.97 Å². The summed E-state index contributed by atoms with van der Waals surface area (Å²) >= 11 is 0. The molecule has 2 aromatic carbocycles. The summed E-state index contributed by atoms with van der Waals surface area (Å²) in [6.45, 7) is 2.02. The molecule has 0 aliphatic heterocycles. The Morgan fingerprint density at radius 2 is 2.00 bits per heavy atom. The number of nitrogen functional groups attached to an aromatic ring is 1. The molecule has 3 rings (SSSR count). The van der Waals surface area contributed by atoms with E-state index in [9.17, 15) is 4.79 Å². The van der Waals surface area contributed by atoms with Gasteiger partial charge in [0.05, 0.1) is 10.9 Å². The maximum Gasteiger partial charge on any atom is 0.260 e. The molecule has 0 radical (unpaired) electrons. The fraction of sp³-hybridized carbons (Fsp3) is 0.0769. The van der Waals surface area contributed by atoms with Gasteiger partial charge < -0.3 is 5.73 Å². The van der Waals surface area contributed by atoms with E-state index in [4.69, 9.17) is 5.73 Å². The average molecular weight is 225 g/mol. The predicted molar refractivity (Wildman–Crippen MR) is 69.0 cm³/mol. The Morgan fingerprint density at radius 1 is 1.18 bits per heavy atom. The van der Waals surface area contributed by atoms with Crippen LogP contribution in [0.3, 0.4) is 0 Å². The van der Waals surface area contributed by atoms with Crippen molar-refractivity contribution in [3.63, 3.8) is 0 Å². The SMILES string of the molecule is Cc1cccc2c1ccc1nc(N)[nH]c(=O)c12. The summed E-state index contributed by atoms with van der Waals surface area (Å²) in [7, 11) is 0. The minimum absolute atomic E-state index is 0.148. The topological polar surface area (TPSA) is 71.8 Å². The first-order valence-corrected chi connectivity index (χ1v) is 5.34. The number of nitrogens with zero attached hydrogens (tertiary/aromatic N) is 1. The zero-order valence-electron chi connectivity index (χ0n) is 9.32. The van der Waals surface area contributed by atoms with E-state index in [-0.39, 0.29) is 11.5 Å². The van der Waals surface area contributed by atoms with Gasteiger partial charge in [-0.25, -0.2) is 4.98 Å². The Morgan fingerprint density at radius 3 is 2.82 bits per heavy atom. The maximum atomic E-state index is 11.9. The number of anilines is 1. The van der Waals surface area contributed by atoms with Crippen LogP contribution in [0.15, 0.2) is 35.1 Å². The number of aryl methyl sites for hydroxylation is 1. The molecule has 17 heavy (non-hydrogen) atoms. The lowest BCUT2D eigenvalue weighted by Gasteiger charge is -2.05. The smallest absolute Gasteiger partial charge is 0.260 e. The van der Waals surface area contributed by atoms with Gasteiger partial charge in [0.25, 0.3) is 5.56 Å². The highest BCUT2D eigenvalue weighted by molar-refractivity contribution is 6.06. The lowest BCUT2D eigenvalue weighted by Crippen LogP contribution is -2.11. The Kier molecular flexibility index (Phi) is 1.92. The summed E-state index contributed by atoms with van der Waals surface area (Å²) in [5, 5.41) is 2.58. The first-order valence-electron chi connectivity index (χ1n) is 5.34. The van der Waals surface area contributed by atoms with Crippen molar-refractivity contribution in [3.05, 3.63) is 46.2 Å². The van der Waals surface area contributed by atoms with Crippen molar-refractivity contribution in [2.24, 2.45) is 0 Å². The van der Waals surface area contributed by atoms with Crippen LogP contribution in [-0.2, 0) is 0 Å². The molecule has 0 amide bonds. The van der Waals surface area contributed by atoms with Crippen molar-refractivity contribution in [3.8, 4) is 0 Å². The molecule has 84 valence electrons. The molecule has 0 aliphatic carbocycles. The van der Waals surface area contributed by atoms with Crippen molar-refractivity contribution in [2.75, 3.05) is 5.73 Å². The van der Waals surface area contributed by atoms with Gasteiger partial charge in [0.15, 0.2) is 0 Å². The van der Waals surface area contributed by atoms with E-state index >= 15 is 0 Å². The van der Waals surface area contributed by atoms with Crippen molar-refractivity contribution >= 4 is 27.6 Å². The molecular weight excluding hydrogens is 214 g/mol. The molecule has 0 bridgehead atoms. The van der Waals surface area contributed by atoms with Crippen LogP contribution >= 0.6 is 0 Å². The molecule has 0 atom stereocenters. The van der Waals surface area contributed by atoms with E-state index in [1.165, 1.54) is 0 Å². The molecule has 4 nitrogen and oxygen atoms in total. The number of nitrogens with two attached hydrogens (primary N) is 1. The highest BCUT2D eigenvalue weighted by atomic mass is 16.1. The maximum absolute atomic E-state index is 11.9. The molecule has 3 N–H and O–H groups in total. The van der Waals surface area contributed by atoms with Gasteiger partial charge in [-0.1, -0.05) is 24.3 Å². The Bertz CT molecular complexity index is 790. The minimum atomic E-state index is -0.191. The zero-order chi connectivity index (χ0) is 12.0. The lowest BCUT2D eigenvalue weighted by molar-refractivity contribution is 1.19. The summed E-state index contributed by atoms with van der Waals surface area (Å²) in [6.07, 6.45) is 0. The van der Waals surface area contributed by atoms with Crippen LogP contribution < -0.4 is 11.3 Å². The van der Waals surface area contributed by atoms with Gasteiger partial charge in [0.2, 0.25) is 5.95 Å². The van der Waals surface area contributed by atoms with Crippen LogP contribution in [0.5, 0.6) is 0 Å². The highest BCUT2D eigenvalue weighted by Gasteiger charge is 2.07. The third kappa shape index (κ3) is 1.38. The van der Waals surface area contributed by atoms with Crippen molar-refractivity contribution in [2.45, 2.75) is 6.92 Å². The third-order valence-corrected chi connectivity index (χ3v) is 2.97. The molecule has 0 saturated carbocycles. The quantitative estimate of drug-likeness (QED) is 0.574. The van der Waals surface area contributed by atoms with Crippen LogP contribution in [0.2, 0.25) is 0 Å². The van der Waals surface area contributed by atoms with E-state index in [1.54, 1.807) is 0 Å². The molecule has 0 fully saturated rings. The first kappa shape index (κ1) is 9.84. The fourth-order valence-corrected chi connectivity index (χ4v) is 2.17. The molecule has 1 heterocycles. The van der Waals surface area contributed by atoms with E-state index in [0.29, 0.717) is 10.9 Å². The lowest BCUT2D eigenvalue weighted by atomic mass is 10.0. The molecular formula is C13H11N3O.